The molecule has 3 N–H and O–H groups in total. The minimum atomic E-state index is -0.967. The van der Waals surface area contributed by atoms with Gasteiger partial charge in [-0.05, 0) is 56.0 Å². The minimum Gasteiger partial charge on any atom is -0.394 e. The number of pyridine rings is 1. The maximum atomic E-state index is 15.8. The van der Waals surface area contributed by atoms with Crippen LogP contribution in [0.3, 0.4) is 0 Å². The lowest BCUT2D eigenvalue weighted by Crippen LogP contribution is -2.46. The number of aliphatic hydroxyl groups excluding tert-OH is 1. The Morgan fingerprint density at radius 1 is 1.23 bits per heavy atom. The topological polar surface area (TPSA) is 130 Å². The van der Waals surface area contributed by atoms with Crippen molar-refractivity contribution in [3.05, 3.63) is 70.7 Å². The second-order valence-electron chi connectivity index (χ2n) is 9.97. The van der Waals surface area contributed by atoms with Gasteiger partial charge in [0.1, 0.15) is 17.6 Å². The number of carbonyl (C=O) groups excluding carboxylic acids is 2. The molecule has 0 bridgehead atoms. The number of nitrogens with zero attached hydrogens (tertiary/aromatic N) is 4. The number of aryl methyl sites for hydroxylation is 1. The molecule has 10 nitrogen and oxygen atoms in total. The van der Waals surface area contributed by atoms with E-state index < -0.39 is 35.5 Å². The third-order valence-electron chi connectivity index (χ3n) is 7.27. The van der Waals surface area contributed by atoms with Gasteiger partial charge in [0.05, 0.1) is 24.4 Å². The van der Waals surface area contributed by atoms with Crippen LogP contribution >= 0.6 is 0 Å². The Morgan fingerprint density at radius 3 is 2.73 bits per heavy atom. The first-order valence-electron chi connectivity index (χ1n) is 13.1. The average molecular weight is 553 g/mol. The van der Waals surface area contributed by atoms with Gasteiger partial charge in [-0.15, -0.1) is 0 Å². The predicted octanol–water partition coefficient (Wildman–Crippen LogP) is 2.91. The number of ether oxygens (including phenoxy) is 1. The van der Waals surface area contributed by atoms with E-state index in [1.54, 1.807) is 31.3 Å². The van der Waals surface area contributed by atoms with Crippen molar-refractivity contribution in [1.82, 2.24) is 25.2 Å². The summed E-state index contributed by atoms with van der Waals surface area (Å²) in [6.45, 7) is 4.14. The normalized spacial score (nSPS) is 16.9. The summed E-state index contributed by atoms with van der Waals surface area (Å²) in [5.41, 5.74) is 1.11. The molecular formula is C28H30F2N6O4. The Labute approximate surface area is 229 Å². The van der Waals surface area contributed by atoms with E-state index in [-0.39, 0.29) is 42.0 Å². The molecule has 210 valence electrons. The van der Waals surface area contributed by atoms with Crippen LogP contribution in [0.5, 0.6) is 0 Å². The van der Waals surface area contributed by atoms with E-state index in [2.05, 4.69) is 25.6 Å². The highest BCUT2D eigenvalue weighted by molar-refractivity contribution is 6.02. The van der Waals surface area contributed by atoms with E-state index in [0.717, 1.165) is 24.7 Å². The summed E-state index contributed by atoms with van der Waals surface area (Å²) < 4.78 is 35.9. The molecule has 2 aliphatic rings. The fraction of sp³-hybridized carbons (Fsp3) is 0.393. The van der Waals surface area contributed by atoms with E-state index in [0.29, 0.717) is 24.3 Å². The average Bonchev–Trinajstić information content (AvgIpc) is 3.30. The van der Waals surface area contributed by atoms with Crippen LogP contribution in [0.2, 0.25) is 0 Å². The van der Waals surface area contributed by atoms with Gasteiger partial charge < -0.3 is 25.4 Å². The first-order chi connectivity index (χ1) is 19.3. The number of benzene rings is 1. The summed E-state index contributed by atoms with van der Waals surface area (Å²) in [6, 6.07) is 4.73. The molecule has 0 saturated carbocycles. The number of aromatic nitrogens is 3. The lowest BCUT2D eigenvalue weighted by atomic mass is 10.0. The van der Waals surface area contributed by atoms with Crippen LogP contribution in [0.25, 0.3) is 11.3 Å². The highest BCUT2D eigenvalue weighted by Gasteiger charge is 2.38. The zero-order valence-corrected chi connectivity index (χ0v) is 22.2. The number of nitrogens with one attached hydrogen (secondary N) is 2. The molecule has 0 unspecified atom stereocenters. The highest BCUT2D eigenvalue weighted by atomic mass is 19.1. The smallest absolute Gasteiger partial charge is 0.258 e. The number of anilines is 1. The Bertz CT molecular complexity index is 1430. The minimum absolute atomic E-state index is 0.000915. The van der Waals surface area contributed by atoms with Crippen LogP contribution in [0.4, 0.5) is 14.7 Å². The Hall–Kier alpha value is -4.03. The fourth-order valence-electron chi connectivity index (χ4n) is 4.98. The quantitative estimate of drug-likeness (QED) is 0.389. The van der Waals surface area contributed by atoms with E-state index in [1.165, 1.54) is 17.9 Å². The monoisotopic (exact) mass is 552 g/mol. The van der Waals surface area contributed by atoms with Crippen molar-refractivity contribution in [3.8, 4) is 11.3 Å². The largest absolute Gasteiger partial charge is 0.394 e. The van der Waals surface area contributed by atoms with Crippen LogP contribution < -0.4 is 10.6 Å². The zero-order chi connectivity index (χ0) is 28.4. The van der Waals surface area contributed by atoms with Crippen LogP contribution in [0.1, 0.15) is 53.0 Å². The maximum absolute atomic E-state index is 15.8. The Morgan fingerprint density at radius 2 is 2.00 bits per heavy atom. The van der Waals surface area contributed by atoms with Crippen molar-refractivity contribution < 1.29 is 28.2 Å². The molecular weight excluding hydrogens is 522 g/mol. The van der Waals surface area contributed by atoms with Crippen molar-refractivity contribution in [2.45, 2.75) is 51.4 Å². The molecule has 4 heterocycles. The van der Waals surface area contributed by atoms with Crippen molar-refractivity contribution in [3.63, 3.8) is 0 Å². The molecule has 5 rings (SSSR count). The molecule has 2 aromatic heterocycles. The van der Waals surface area contributed by atoms with E-state index in [4.69, 9.17) is 4.74 Å². The summed E-state index contributed by atoms with van der Waals surface area (Å²) in [4.78, 5) is 40.0. The first kappa shape index (κ1) is 27.5. The predicted molar refractivity (Wildman–Crippen MR) is 141 cm³/mol. The van der Waals surface area contributed by atoms with Crippen molar-refractivity contribution >= 4 is 17.8 Å². The van der Waals surface area contributed by atoms with Gasteiger partial charge in [0.2, 0.25) is 11.9 Å². The third kappa shape index (κ3) is 5.50. The van der Waals surface area contributed by atoms with Gasteiger partial charge >= 0.3 is 0 Å². The van der Waals surface area contributed by atoms with Crippen molar-refractivity contribution in [2.75, 3.05) is 25.1 Å². The zero-order valence-electron chi connectivity index (χ0n) is 22.2. The molecule has 0 aliphatic carbocycles. The van der Waals surface area contributed by atoms with E-state index in [1.807, 2.05) is 0 Å². The number of rotatable bonds is 8. The fourth-order valence-corrected chi connectivity index (χ4v) is 4.98. The molecule has 3 aromatic rings. The first-order valence-corrected chi connectivity index (χ1v) is 13.1. The van der Waals surface area contributed by atoms with Crippen LogP contribution in [0, 0.1) is 18.6 Å². The van der Waals surface area contributed by atoms with Crippen LogP contribution in [0.15, 0.2) is 36.7 Å². The SMILES string of the molecule is Cc1cc([C@@H](CO)NC(=O)[C@@H](C)N2Cc3ccc(-c4nc(NC5CCOCC5)ncc4F)c(F)c3C2=O)ccn1. The van der Waals surface area contributed by atoms with Gasteiger partial charge in [0.15, 0.2) is 5.82 Å². The maximum Gasteiger partial charge on any atom is 0.258 e. The van der Waals surface area contributed by atoms with Gasteiger partial charge in [-0.1, -0.05) is 6.07 Å². The molecule has 12 heteroatoms. The lowest BCUT2D eigenvalue weighted by molar-refractivity contribution is -0.126. The second kappa shape index (κ2) is 11.6. The number of hydrogen-bond donors (Lipinski definition) is 3. The number of carbonyl (C=O) groups is 2. The number of halogens is 2. The van der Waals surface area contributed by atoms with Gasteiger partial charge in [0, 0.05) is 43.3 Å². The molecule has 2 aliphatic heterocycles. The summed E-state index contributed by atoms with van der Waals surface area (Å²) in [5.74, 6) is -2.78. The Kier molecular flexibility index (Phi) is 7.99. The summed E-state index contributed by atoms with van der Waals surface area (Å²) in [6.07, 6.45) is 4.02. The summed E-state index contributed by atoms with van der Waals surface area (Å²) in [7, 11) is 0. The van der Waals surface area contributed by atoms with Crippen LogP contribution in [-0.4, -0.2) is 68.7 Å². The van der Waals surface area contributed by atoms with Gasteiger partial charge in [-0.25, -0.2) is 18.7 Å². The van der Waals surface area contributed by atoms with Crippen LogP contribution in [-0.2, 0) is 16.1 Å². The number of aliphatic hydroxyl groups is 1. The Balaban J connectivity index is 1.35. The number of hydrogen-bond acceptors (Lipinski definition) is 8. The second-order valence-corrected chi connectivity index (χ2v) is 9.97. The third-order valence-corrected chi connectivity index (χ3v) is 7.27. The molecule has 1 fully saturated rings. The number of fused-ring (bicyclic) bond motifs is 1. The highest BCUT2D eigenvalue weighted by Crippen LogP contribution is 2.34. The lowest BCUT2D eigenvalue weighted by Gasteiger charge is -2.26. The molecule has 40 heavy (non-hydrogen) atoms. The van der Waals surface area contributed by atoms with E-state index >= 15 is 4.39 Å². The molecule has 1 aromatic carbocycles. The van der Waals surface area contributed by atoms with E-state index in [9.17, 15) is 19.1 Å². The number of amides is 2. The molecule has 0 spiro atoms. The standard InChI is InChI=1S/C28H30F2N6O4/c1-15-11-17(5-8-31-15)22(14-37)34-26(38)16(2)36-13-18-3-4-20(24(30)23(18)27(36)39)25-21(29)12-32-28(35-25)33-19-6-9-40-10-7-19/h3-5,8,11-12,16,19,22,37H,6-7,9-10,13-14H2,1-2H3,(H,34,38)(H,32,33,35)/t16-,22-/m1/s1. The van der Waals surface area contributed by atoms with Gasteiger partial charge in [-0.3, -0.25) is 14.6 Å². The van der Waals surface area contributed by atoms with Gasteiger partial charge in [-0.2, -0.15) is 0 Å². The molecule has 2 atom stereocenters. The van der Waals surface area contributed by atoms with Crippen molar-refractivity contribution in [1.29, 1.82) is 0 Å². The van der Waals surface area contributed by atoms with Gasteiger partial charge in [0.25, 0.3) is 5.91 Å². The van der Waals surface area contributed by atoms with Crippen molar-refractivity contribution in [2.24, 2.45) is 0 Å². The summed E-state index contributed by atoms with van der Waals surface area (Å²) >= 11 is 0. The summed E-state index contributed by atoms with van der Waals surface area (Å²) in [5, 5.41) is 15.7. The molecule has 0 radical (unpaired) electrons. The molecule has 1 saturated heterocycles. The molecule has 2 amide bonds.